The molecule has 3 aromatic rings. The van der Waals surface area contributed by atoms with Crippen molar-refractivity contribution >= 4 is 24.2 Å². The van der Waals surface area contributed by atoms with Crippen LogP contribution >= 0.6 is 0 Å². The van der Waals surface area contributed by atoms with Gasteiger partial charge in [-0.15, -0.1) is 0 Å². The number of carbonyl (C=O) groups excluding carboxylic acids is 2. The Kier molecular flexibility index (Phi) is 8.30. The van der Waals surface area contributed by atoms with Gasteiger partial charge in [0.2, 0.25) is 0 Å². The number of esters is 1. The lowest BCUT2D eigenvalue weighted by Crippen LogP contribution is -2.24. The molecule has 0 spiro atoms. The summed E-state index contributed by atoms with van der Waals surface area (Å²) in [6.45, 7) is -0.280. The first-order chi connectivity index (χ1) is 16.0. The van der Waals surface area contributed by atoms with Crippen molar-refractivity contribution in [2.75, 3.05) is 13.7 Å². The molecule has 1 N–H and O–H groups in total. The predicted octanol–water partition coefficient (Wildman–Crippen LogP) is 3.98. The molecule has 0 atom stereocenters. The predicted molar refractivity (Wildman–Crippen MR) is 122 cm³/mol. The van der Waals surface area contributed by atoms with E-state index >= 15 is 0 Å². The Morgan fingerprint density at radius 3 is 2.45 bits per heavy atom. The molecule has 168 valence electrons. The molecule has 0 saturated carbocycles. The fraction of sp³-hybridized carbons (Fsp3) is 0.0800. The van der Waals surface area contributed by atoms with Crippen LogP contribution in [0.3, 0.4) is 0 Å². The maximum atomic E-state index is 12.9. The SMILES string of the molecule is COc1cc(C=NNC(=O)COc2ccc(F)cc2)ccc1OC(=O)C=Cc1ccccc1. The zero-order valence-corrected chi connectivity index (χ0v) is 17.7. The van der Waals surface area contributed by atoms with Gasteiger partial charge in [-0.1, -0.05) is 30.3 Å². The fourth-order valence-corrected chi connectivity index (χ4v) is 2.61. The zero-order chi connectivity index (χ0) is 23.5. The van der Waals surface area contributed by atoms with E-state index in [9.17, 15) is 14.0 Å². The van der Waals surface area contributed by atoms with Gasteiger partial charge in [-0.2, -0.15) is 5.10 Å². The monoisotopic (exact) mass is 448 g/mol. The van der Waals surface area contributed by atoms with E-state index < -0.39 is 17.7 Å². The van der Waals surface area contributed by atoms with E-state index in [1.54, 1.807) is 24.3 Å². The molecule has 33 heavy (non-hydrogen) atoms. The van der Waals surface area contributed by atoms with Crippen molar-refractivity contribution in [2.24, 2.45) is 5.10 Å². The Hall–Kier alpha value is -4.46. The third-order valence-electron chi connectivity index (χ3n) is 4.20. The van der Waals surface area contributed by atoms with Crippen molar-refractivity contribution in [3.8, 4) is 17.2 Å². The van der Waals surface area contributed by atoms with Crippen LogP contribution in [0.1, 0.15) is 11.1 Å². The first kappa shape index (κ1) is 23.2. The number of amides is 1. The topological polar surface area (TPSA) is 86.2 Å². The second-order valence-corrected chi connectivity index (χ2v) is 6.61. The molecule has 0 aliphatic rings. The van der Waals surface area contributed by atoms with Crippen molar-refractivity contribution in [1.82, 2.24) is 5.43 Å². The van der Waals surface area contributed by atoms with Gasteiger partial charge in [-0.3, -0.25) is 4.79 Å². The molecular formula is C25H21FN2O5. The zero-order valence-electron chi connectivity index (χ0n) is 17.7. The maximum absolute atomic E-state index is 12.9. The summed E-state index contributed by atoms with van der Waals surface area (Å²) in [6, 6.07) is 19.5. The largest absolute Gasteiger partial charge is 0.493 e. The Bertz CT molecular complexity index is 1150. The van der Waals surface area contributed by atoms with Crippen molar-refractivity contribution in [3.63, 3.8) is 0 Å². The van der Waals surface area contributed by atoms with Crippen LogP contribution in [0.15, 0.2) is 84.0 Å². The van der Waals surface area contributed by atoms with E-state index in [-0.39, 0.29) is 12.4 Å². The summed E-state index contributed by atoms with van der Waals surface area (Å²) in [6.07, 6.45) is 4.38. The summed E-state index contributed by atoms with van der Waals surface area (Å²) in [5, 5.41) is 3.86. The van der Waals surface area contributed by atoms with Gasteiger partial charge in [0.15, 0.2) is 18.1 Å². The van der Waals surface area contributed by atoms with Crippen LogP contribution in [-0.2, 0) is 9.59 Å². The number of halogens is 1. The average Bonchev–Trinajstić information content (AvgIpc) is 2.84. The molecule has 0 aliphatic heterocycles. The van der Waals surface area contributed by atoms with Crippen molar-refractivity contribution in [2.45, 2.75) is 0 Å². The normalized spacial score (nSPS) is 10.8. The van der Waals surface area contributed by atoms with E-state index in [4.69, 9.17) is 14.2 Å². The van der Waals surface area contributed by atoms with E-state index in [2.05, 4.69) is 10.5 Å². The number of nitrogens with zero attached hydrogens (tertiary/aromatic N) is 1. The van der Waals surface area contributed by atoms with E-state index in [1.165, 1.54) is 43.7 Å². The lowest BCUT2D eigenvalue weighted by molar-refractivity contribution is -0.129. The second kappa shape index (κ2) is 11.8. The number of carbonyl (C=O) groups is 2. The van der Waals surface area contributed by atoms with E-state index in [1.807, 2.05) is 30.3 Å². The van der Waals surface area contributed by atoms with Gasteiger partial charge >= 0.3 is 5.97 Å². The van der Waals surface area contributed by atoms with Gasteiger partial charge in [0.05, 0.1) is 13.3 Å². The van der Waals surface area contributed by atoms with Gasteiger partial charge in [0, 0.05) is 6.08 Å². The van der Waals surface area contributed by atoms with Crippen LogP contribution < -0.4 is 19.6 Å². The number of nitrogens with one attached hydrogen (secondary N) is 1. The Morgan fingerprint density at radius 2 is 1.73 bits per heavy atom. The highest BCUT2D eigenvalue weighted by Gasteiger charge is 2.09. The van der Waals surface area contributed by atoms with Gasteiger partial charge in [0.1, 0.15) is 11.6 Å². The van der Waals surface area contributed by atoms with Crippen LogP contribution in [-0.4, -0.2) is 31.8 Å². The van der Waals surface area contributed by atoms with Crippen LogP contribution in [0.5, 0.6) is 17.2 Å². The number of hydrazone groups is 1. The van der Waals surface area contributed by atoms with Crippen LogP contribution in [0, 0.1) is 5.82 Å². The molecule has 0 bridgehead atoms. The molecule has 3 aromatic carbocycles. The summed E-state index contributed by atoms with van der Waals surface area (Å²) in [5.41, 5.74) is 3.80. The summed E-state index contributed by atoms with van der Waals surface area (Å²) in [7, 11) is 1.45. The molecule has 3 rings (SSSR count). The second-order valence-electron chi connectivity index (χ2n) is 6.61. The van der Waals surface area contributed by atoms with Gasteiger partial charge in [-0.25, -0.2) is 14.6 Å². The number of benzene rings is 3. The number of methoxy groups -OCH3 is 1. The molecule has 0 aromatic heterocycles. The molecular weight excluding hydrogens is 427 g/mol. The lowest BCUT2D eigenvalue weighted by atomic mass is 10.2. The number of rotatable bonds is 9. The summed E-state index contributed by atoms with van der Waals surface area (Å²) in [4.78, 5) is 23.9. The standard InChI is InChI=1S/C25H21FN2O5/c1-31-23-15-19(16-27-28-24(29)17-32-21-11-9-20(26)10-12-21)7-13-22(23)33-25(30)14-8-18-5-3-2-4-6-18/h2-16H,17H2,1H3,(H,28,29). The maximum Gasteiger partial charge on any atom is 0.336 e. The third-order valence-corrected chi connectivity index (χ3v) is 4.20. The molecule has 0 aliphatic carbocycles. The Labute approximate surface area is 190 Å². The number of ether oxygens (including phenoxy) is 3. The highest BCUT2D eigenvalue weighted by atomic mass is 19.1. The first-order valence-corrected chi connectivity index (χ1v) is 9.87. The van der Waals surface area contributed by atoms with Crippen LogP contribution in [0.4, 0.5) is 4.39 Å². The van der Waals surface area contributed by atoms with Gasteiger partial charge in [0.25, 0.3) is 5.91 Å². The Balaban J connectivity index is 1.52. The average molecular weight is 448 g/mol. The van der Waals surface area contributed by atoms with Gasteiger partial charge in [-0.05, 0) is 59.7 Å². The third kappa shape index (κ3) is 7.62. The quantitative estimate of drug-likeness (QED) is 0.176. The van der Waals surface area contributed by atoms with Crippen molar-refractivity contribution in [1.29, 1.82) is 0 Å². The smallest absolute Gasteiger partial charge is 0.336 e. The summed E-state index contributed by atoms with van der Waals surface area (Å²) >= 11 is 0. The minimum Gasteiger partial charge on any atom is -0.493 e. The molecule has 0 heterocycles. The van der Waals surface area contributed by atoms with E-state index in [0.29, 0.717) is 17.1 Å². The molecule has 1 amide bonds. The van der Waals surface area contributed by atoms with E-state index in [0.717, 1.165) is 5.56 Å². The van der Waals surface area contributed by atoms with Gasteiger partial charge < -0.3 is 14.2 Å². The van der Waals surface area contributed by atoms with Crippen molar-refractivity contribution < 1.29 is 28.2 Å². The molecule has 0 fully saturated rings. The molecule has 7 nitrogen and oxygen atoms in total. The summed E-state index contributed by atoms with van der Waals surface area (Å²) in [5.74, 6) is -0.494. The first-order valence-electron chi connectivity index (χ1n) is 9.87. The minimum atomic E-state index is -0.549. The lowest BCUT2D eigenvalue weighted by Gasteiger charge is -2.08. The fourth-order valence-electron chi connectivity index (χ4n) is 2.61. The molecule has 8 heteroatoms. The van der Waals surface area contributed by atoms with Crippen LogP contribution in [0.2, 0.25) is 0 Å². The number of hydrogen-bond donors (Lipinski definition) is 1. The molecule has 0 saturated heterocycles. The highest BCUT2D eigenvalue weighted by molar-refractivity contribution is 5.89. The number of hydrogen-bond acceptors (Lipinski definition) is 6. The molecule has 0 unspecified atom stereocenters. The minimum absolute atomic E-state index is 0.245. The van der Waals surface area contributed by atoms with Crippen LogP contribution in [0.25, 0.3) is 6.08 Å². The van der Waals surface area contributed by atoms with Crippen molar-refractivity contribution in [3.05, 3.63) is 95.8 Å². The Morgan fingerprint density at radius 1 is 0.970 bits per heavy atom. The summed E-state index contributed by atoms with van der Waals surface area (Å²) < 4.78 is 28.7. The highest BCUT2D eigenvalue weighted by Crippen LogP contribution is 2.27. The molecule has 0 radical (unpaired) electrons.